The molecule has 0 spiro atoms. The Balaban J connectivity index is 2.09. The molecule has 1 aliphatic heterocycles. The number of likely N-dealkylation sites (N-methyl/N-ethyl adjacent to an activating group) is 1. The second-order valence-corrected chi connectivity index (χ2v) is 5.36. The number of aliphatic hydroxyl groups is 1. The molecule has 0 aliphatic carbocycles. The van der Waals surface area contributed by atoms with Crippen LogP contribution in [0.15, 0.2) is 30.3 Å². The van der Waals surface area contributed by atoms with Crippen molar-refractivity contribution in [1.82, 2.24) is 4.98 Å². The van der Waals surface area contributed by atoms with Gasteiger partial charge in [0.2, 0.25) is 0 Å². The number of ether oxygens (including phenoxy) is 1. The maximum atomic E-state index is 9.41. The predicted molar refractivity (Wildman–Crippen MR) is 79.9 cm³/mol. The lowest BCUT2D eigenvalue weighted by Gasteiger charge is -2.29. The first-order chi connectivity index (χ1) is 9.70. The third kappa shape index (κ3) is 2.25. The molecule has 3 rings (SSSR count). The van der Waals surface area contributed by atoms with Crippen molar-refractivity contribution in [3.05, 3.63) is 36.0 Å². The summed E-state index contributed by atoms with van der Waals surface area (Å²) >= 11 is 0. The van der Waals surface area contributed by atoms with Crippen LogP contribution in [0.5, 0.6) is 0 Å². The maximum absolute atomic E-state index is 9.41. The number of hydrogen-bond acceptors (Lipinski definition) is 4. The van der Waals surface area contributed by atoms with Gasteiger partial charge in [0.25, 0.3) is 0 Å². The van der Waals surface area contributed by atoms with E-state index in [0.29, 0.717) is 11.7 Å². The Morgan fingerprint density at radius 3 is 2.90 bits per heavy atom. The molecule has 2 heterocycles. The number of aromatic nitrogens is 1. The van der Waals surface area contributed by atoms with E-state index in [1.807, 2.05) is 18.2 Å². The van der Waals surface area contributed by atoms with Crippen molar-refractivity contribution in [3.8, 4) is 0 Å². The summed E-state index contributed by atoms with van der Waals surface area (Å²) < 4.78 is 5.66. The Kier molecular flexibility index (Phi) is 3.59. The summed E-state index contributed by atoms with van der Waals surface area (Å²) in [5.41, 5.74) is 0.706. The lowest BCUT2D eigenvalue weighted by Crippen LogP contribution is -2.37. The molecule has 1 aromatic heterocycles. The molecule has 1 aliphatic rings. The fourth-order valence-corrected chi connectivity index (χ4v) is 2.97. The van der Waals surface area contributed by atoms with Gasteiger partial charge in [0.1, 0.15) is 5.82 Å². The third-order valence-corrected chi connectivity index (χ3v) is 4.10. The van der Waals surface area contributed by atoms with Crippen LogP contribution in [-0.2, 0) is 11.3 Å². The highest BCUT2D eigenvalue weighted by Crippen LogP contribution is 2.29. The zero-order valence-corrected chi connectivity index (χ0v) is 11.9. The Hall–Kier alpha value is -1.65. The SMILES string of the molecule is CC1OCCC1N(C)c1nc(CO)cc2ccccc12. The normalized spacial score (nSPS) is 22.4. The van der Waals surface area contributed by atoms with E-state index in [-0.39, 0.29) is 12.7 Å². The second-order valence-electron chi connectivity index (χ2n) is 5.36. The van der Waals surface area contributed by atoms with Crippen LogP contribution in [-0.4, -0.2) is 35.9 Å². The fourth-order valence-electron chi connectivity index (χ4n) is 2.97. The summed E-state index contributed by atoms with van der Waals surface area (Å²) in [6, 6.07) is 10.4. The van der Waals surface area contributed by atoms with Gasteiger partial charge in [0.05, 0.1) is 24.4 Å². The van der Waals surface area contributed by atoms with Gasteiger partial charge in [-0.05, 0) is 24.8 Å². The summed E-state index contributed by atoms with van der Waals surface area (Å²) in [5.74, 6) is 0.925. The van der Waals surface area contributed by atoms with Crippen molar-refractivity contribution < 1.29 is 9.84 Å². The van der Waals surface area contributed by atoms with Gasteiger partial charge >= 0.3 is 0 Å². The standard InChI is InChI=1S/C16H20N2O2/c1-11-15(7-8-20-11)18(2)16-14-6-4-3-5-12(14)9-13(10-19)17-16/h3-6,9,11,15,19H,7-8,10H2,1-2H3. The van der Waals surface area contributed by atoms with Crippen LogP contribution in [0.25, 0.3) is 10.8 Å². The van der Waals surface area contributed by atoms with Crippen molar-refractivity contribution in [2.24, 2.45) is 0 Å². The molecule has 2 unspecified atom stereocenters. The van der Waals surface area contributed by atoms with Gasteiger partial charge < -0.3 is 14.7 Å². The summed E-state index contributed by atoms with van der Waals surface area (Å²) in [6.45, 7) is 2.86. The highest BCUT2D eigenvalue weighted by molar-refractivity contribution is 5.92. The smallest absolute Gasteiger partial charge is 0.136 e. The fraction of sp³-hybridized carbons (Fsp3) is 0.438. The van der Waals surface area contributed by atoms with Gasteiger partial charge in [-0.25, -0.2) is 4.98 Å². The van der Waals surface area contributed by atoms with Crippen molar-refractivity contribution >= 4 is 16.6 Å². The molecule has 4 heteroatoms. The van der Waals surface area contributed by atoms with Crippen molar-refractivity contribution in [2.75, 3.05) is 18.6 Å². The van der Waals surface area contributed by atoms with E-state index in [0.717, 1.165) is 29.6 Å². The molecule has 106 valence electrons. The molecule has 2 atom stereocenters. The topological polar surface area (TPSA) is 45.6 Å². The van der Waals surface area contributed by atoms with Crippen LogP contribution in [0.2, 0.25) is 0 Å². The van der Waals surface area contributed by atoms with E-state index in [1.54, 1.807) is 0 Å². The Labute approximate surface area is 119 Å². The molecule has 1 fully saturated rings. The molecule has 0 bridgehead atoms. The number of fused-ring (bicyclic) bond motifs is 1. The molecule has 0 radical (unpaired) electrons. The van der Waals surface area contributed by atoms with Crippen LogP contribution >= 0.6 is 0 Å². The molecule has 1 N–H and O–H groups in total. The van der Waals surface area contributed by atoms with E-state index in [9.17, 15) is 5.11 Å². The van der Waals surface area contributed by atoms with E-state index in [4.69, 9.17) is 4.74 Å². The maximum Gasteiger partial charge on any atom is 0.136 e. The van der Waals surface area contributed by atoms with Crippen molar-refractivity contribution in [1.29, 1.82) is 0 Å². The average Bonchev–Trinajstić information content (AvgIpc) is 2.91. The zero-order chi connectivity index (χ0) is 14.1. The highest BCUT2D eigenvalue weighted by atomic mass is 16.5. The molecule has 1 aromatic carbocycles. The number of hydrogen-bond donors (Lipinski definition) is 1. The third-order valence-electron chi connectivity index (χ3n) is 4.10. The zero-order valence-electron chi connectivity index (χ0n) is 11.9. The quantitative estimate of drug-likeness (QED) is 0.931. The van der Waals surface area contributed by atoms with Crippen LogP contribution < -0.4 is 4.90 Å². The summed E-state index contributed by atoms with van der Waals surface area (Å²) in [5, 5.41) is 11.6. The summed E-state index contributed by atoms with van der Waals surface area (Å²) in [6.07, 6.45) is 1.22. The van der Waals surface area contributed by atoms with E-state index < -0.39 is 0 Å². The molecule has 4 nitrogen and oxygen atoms in total. The average molecular weight is 272 g/mol. The first kappa shape index (κ1) is 13.3. The summed E-state index contributed by atoms with van der Waals surface area (Å²) in [4.78, 5) is 6.81. The van der Waals surface area contributed by atoms with Gasteiger partial charge in [-0.2, -0.15) is 0 Å². The van der Waals surface area contributed by atoms with Crippen LogP contribution in [0, 0.1) is 0 Å². The van der Waals surface area contributed by atoms with Gasteiger partial charge in [-0.1, -0.05) is 24.3 Å². The minimum atomic E-state index is -0.0393. The Morgan fingerprint density at radius 2 is 2.20 bits per heavy atom. The molecule has 0 amide bonds. The van der Waals surface area contributed by atoms with E-state index >= 15 is 0 Å². The lowest BCUT2D eigenvalue weighted by molar-refractivity contribution is 0.118. The number of rotatable bonds is 3. The number of benzene rings is 1. The Bertz CT molecular complexity index is 614. The van der Waals surface area contributed by atoms with Crippen LogP contribution in [0.1, 0.15) is 19.0 Å². The van der Waals surface area contributed by atoms with E-state index in [1.165, 1.54) is 0 Å². The number of nitrogens with zero attached hydrogens (tertiary/aromatic N) is 2. The number of aliphatic hydroxyl groups excluding tert-OH is 1. The molecule has 2 aromatic rings. The number of pyridine rings is 1. The van der Waals surface area contributed by atoms with Crippen molar-refractivity contribution in [2.45, 2.75) is 32.1 Å². The first-order valence-corrected chi connectivity index (χ1v) is 7.04. The largest absolute Gasteiger partial charge is 0.390 e. The van der Waals surface area contributed by atoms with Gasteiger partial charge in [0.15, 0.2) is 0 Å². The van der Waals surface area contributed by atoms with Crippen LogP contribution in [0.3, 0.4) is 0 Å². The monoisotopic (exact) mass is 272 g/mol. The molecule has 20 heavy (non-hydrogen) atoms. The molecular formula is C16H20N2O2. The highest BCUT2D eigenvalue weighted by Gasteiger charge is 2.29. The van der Waals surface area contributed by atoms with Gasteiger partial charge in [0, 0.05) is 19.0 Å². The van der Waals surface area contributed by atoms with Gasteiger partial charge in [-0.15, -0.1) is 0 Å². The van der Waals surface area contributed by atoms with E-state index in [2.05, 4.69) is 36.0 Å². The molecule has 1 saturated heterocycles. The Morgan fingerprint density at radius 1 is 1.40 bits per heavy atom. The lowest BCUT2D eigenvalue weighted by atomic mass is 10.1. The predicted octanol–water partition coefficient (Wildman–Crippen LogP) is 2.34. The minimum Gasteiger partial charge on any atom is -0.390 e. The van der Waals surface area contributed by atoms with Gasteiger partial charge in [-0.3, -0.25) is 0 Å². The summed E-state index contributed by atoms with van der Waals surface area (Å²) in [7, 11) is 2.06. The first-order valence-electron chi connectivity index (χ1n) is 7.04. The van der Waals surface area contributed by atoms with Crippen molar-refractivity contribution in [3.63, 3.8) is 0 Å². The number of anilines is 1. The molecular weight excluding hydrogens is 252 g/mol. The minimum absolute atomic E-state index is 0.0393. The molecule has 0 saturated carbocycles. The van der Waals surface area contributed by atoms with Crippen LogP contribution in [0.4, 0.5) is 5.82 Å². The second kappa shape index (κ2) is 5.38.